The van der Waals surface area contributed by atoms with Gasteiger partial charge in [-0.3, -0.25) is 4.79 Å². The molecule has 1 unspecified atom stereocenters. The minimum atomic E-state index is -0.316. The van der Waals surface area contributed by atoms with Crippen LogP contribution in [-0.2, 0) is 14.3 Å². The molecule has 0 aliphatic carbocycles. The van der Waals surface area contributed by atoms with Crippen molar-refractivity contribution in [2.75, 3.05) is 27.2 Å². The molecule has 5 heteroatoms. The summed E-state index contributed by atoms with van der Waals surface area (Å²) in [7, 11) is 3.13. The molecule has 5 nitrogen and oxygen atoms in total. The summed E-state index contributed by atoms with van der Waals surface area (Å²) in [6, 6.07) is -0.262. The first kappa shape index (κ1) is 16.6. The molecule has 0 rings (SSSR count). The summed E-state index contributed by atoms with van der Waals surface area (Å²) in [5, 5.41) is 3.07. The Morgan fingerprint density at radius 3 is 2.44 bits per heavy atom. The number of nitrogens with zero attached hydrogens (tertiary/aromatic N) is 1. The number of ether oxygens (including phenoxy) is 1. The van der Waals surface area contributed by atoms with Crippen LogP contribution in [0.2, 0.25) is 0 Å². The van der Waals surface area contributed by atoms with Gasteiger partial charge in [0.05, 0.1) is 13.2 Å². The Balaban J connectivity index is 4.28. The zero-order valence-corrected chi connectivity index (χ0v) is 11.9. The minimum absolute atomic E-state index is 0.0435. The monoisotopic (exact) mass is 256 g/mol. The van der Waals surface area contributed by atoms with Crippen LogP contribution >= 0.6 is 0 Å². The Hall–Kier alpha value is -1.36. The van der Waals surface area contributed by atoms with Gasteiger partial charge in [0.2, 0.25) is 5.91 Å². The van der Waals surface area contributed by atoms with Crippen molar-refractivity contribution in [2.45, 2.75) is 33.2 Å². The maximum absolute atomic E-state index is 11.8. The lowest BCUT2D eigenvalue weighted by Gasteiger charge is -2.20. The number of hydrogen-bond donors (Lipinski definition) is 1. The van der Waals surface area contributed by atoms with Gasteiger partial charge in [-0.05, 0) is 20.3 Å². The Kier molecular flexibility index (Phi) is 8.03. The molecule has 0 bridgehead atoms. The molecule has 1 atom stereocenters. The molecule has 0 aliphatic heterocycles. The van der Waals surface area contributed by atoms with Crippen molar-refractivity contribution in [1.82, 2.24) is 10.2 Å². The fraction of sp³-hybridized carbons (Fsp3) is 0.692. The van der Waals surface area contributed by atoms with Crippen molar-refractivity contribution in [3.63, 3.8) is 0 Å². The zero-order chi connectivity index (χ0) is 14.1. The average molecular weight is 256 g/mol. The Labute approximate surface area is 109 Å². The third-order valence-electron chi connectivity index (χ3n) is 2.82. The summed E-state index contributed by atoms with van der Waals surface area (Å²) in [6.45, 7) is 6.79. The van der Waals surface area contributed by atoms with Crippen LogP contribution in [0, 0.1) is 0 Å². The van der Waals surface area contributed by atoms with E-state index in [0.717, 1.165) is 0 Å². The fourth-order valence-corrected chi connectivity index (χ4v) is 1.44. The van der Waals surface area contributed by atoms with E-state index in [1.807, 2.05) is 20.8 Å². The van der Waals surface area contributed by atoms with E-state index in [0.29, 0.717) is 25.1 Å². The van der Waals surface area contributed by atoms with Gasteiger partial charge < -0.3 is 15.0 Å². The summed E-state index contributed by atoms with van der Waals surface area (Å²) in [4.78, 5) is 24.7. The summed E-state index contributed by atoms with van der Waals surface area (Å²) in [5.41, 5.74) is 0.619. The molecule has 0 saturated heterocycles. The van der Waals surface area contributed by atoms with Crippen LogP contribution < -0.4 is 5.32 Å². The maximum Gasteiger partial charge on any atom is 0.333 e. The Bertz CT molecular complexity index is 313. The lowest BCUT2D eigenvalue weighted by Crippen LogP contribution is -2.43. The standard InChI is InChI=1S/C13H24N2O3/c1-6-11(13(17)18-5)8-9-14-10(3)12(16)15(4)7-2/h8,10,14H,6-7,9H2,1-5H3/b11-8-. The van der Waals surface area contributed by atoms with Gasteiger partial charge in [0.15, 0.2) is 0 Å². The molecule has 0 aliphatic rings. The predicted octanol–water partition coefficient (Wildman–Crippen LogP) is 0.952. The molecule has 0 aromatic heterocycles. The van der Waals surface area contributed by atoms with Gasteiger partial charge in [-0.1, -0.05) is 13.0 Å². The van der Waals surface area contributed by atoms with E-state index in [9.17, 15) is 9.59 Å². The third-order valence-corrected chi connectivity index (χ3v) is 2.82. The van der Waals surface area contributed by atoms with E-state index >= 15 is 0 Å². The van der Waals surface area contributed by atoms with Crippen molar-refractivity contribution in [3.8, 4) is 0 Å². The van der Waals surface area contributed by atoms with Crippen LogP contribution in [-0.4, -0.2) is 50.1 Å². The SMILES string of the molecule is CC/C(=C/CNC(C)C(=O)N(C)CC)C(=O)OC. The van der Waals surface area contributed by atoms with E-state index in [1.165, 1.54) is 7.11 Å². The second-order valence-electron chi connectivity index (χ2n) is 4.06. The van der Waals surface area contributed by atoms with Crippen LogP contribution in [0.5, 0.6) is 0 Å². The summed E-state index contributed by atoms with van der Waals surface area (Å²) < 4.78 is 4.65. The van der Waals surface area contributed by atoms with Gasteiger partial charge in [-0.25, -0.2) is 4.79 Å². The van der Waals surface area contributed by atoms with E-state index in [4.69, 9.17) is 0 Å². The molecule has 0 radical (unpaired) electrons. The summed E-state index contributed by atoms with van der Waals surface area (Å²) in [5.74, 6) is -0.272. The molecule has 0 spiro atoms. The first-order valence-electron chi connectivity index (χ1n) is 6.23. The van der Waals surface area contributed by atoms with Crippen molar-refractivity contribution in [3.05, 3.63) is 11.6 Å². The lowest BCUT2D eigenvalue weighted by atomic mass is 10.2. The summed E-state index contributed by atoms with van der Waals surface area (Å²) in [6.07, 6.45) is 2.38. The number of carbonyl (C=O) groups is 2. The van der Waals surface area contributed by atoms with Crippen LogP contribution in [0.4, 0.5) is 0 Å². The zero-order valence-electron chi connectivity index (χ0n) is 11.9. The number of methoxy groups -OCH3 is 1. The van der Waals surface area contributed by atoms with E-state index in [2.05, 4.69) is 10.1 Å². The first-order chi connectivity index (χ1) is 8.47. The van der Waals surface area contributed by atoms with Gasteiger partial charge in [0.25, 0.3) is 0 Å². The highest BCUT2D eigenvalue weighted by Gasteiger charge is 2.15. The van der Waals surface area contributed by atoms with E-state index < -0.39 is 0 Å². The number of likely N-dealkylation sites (N-methyl/N-ethyl adjacent to an activating group) is 1. The Morgan fingerprint density at radius 2 is 2.00 bits per heavy atom. The first-order valence-corrected chi connectivity index (χ1v) is 6.23. The second kappa shape index (κ2) is 8.69. The van der Waals surface area contributed by atoms with Gasteiger partial charge in [-0.2, -0.15) is 0 Å². The number of rotatable bonds is 7. The van der Waals surface area contributed by atoms with Gasteiger partial charge in [0, 0.05) is 25.7 Å². The number of esters is 1. The molecule has 0 heterocycles. The van der Waals surface area contributed by atoms with Crippen LogP contribution in [0.3, 0.4) is 0 Å². The van der Waals surface area contributed by atoms with Crippen molar-refractivity contribution in [2.24, 2.45) is 0 Å². The van der Waals surface area contributed by atoms with Crippen molar-refractivity contribution >= 4 is 11.9 Å². The number of amides is 1. The highest BCUT2D eigenvalue weighted by molar-refractivity contribution is 5.88. The number of carbonyl (C=O) groups excluding carboxylic acids is 2. The quantitative estimate of drug-likeness (QED) is 0.544. The minimum Gasteiger partial charge on any atom is -0.466 e. The molecule has 0 fully saturated rings. The molecule has 1 amide bonds. The molecule has 104 valence electrons. The predicted molar refractivity (Wildman–Crippen MR) is 71.2 cm³/mol. The number of hydrogen-bond acceptors (Lipinski definition) is 4. The van der Waals surface area contributed by atoms with Crippen LogP contribution in [0.1, 0.15) is 27.2 Å². The molecular weight excluding hydrogens is 232 g/mol. The van der Waals surface area contributed by atoms with Crippen molar-refractivity contribution < 1.29 is 14.3 Å². The molecule has 18 heavy (non-hydrogen) atoms. The molecular formula is C13H24N2O3. The van der Waals surface area contributed by atoms with Crippen molar-refractivity contribution in [1.29, 1.82) is 0 Å². The van der Waals surface area contributed by atoms with E-state index in [1.54, 1.807) is 18.0 Å². The van der Waals surface area contributed by atoms with Gasteiger partial charge >= 0.3 is 5.97 Å². The summed E-state index contributed by atoms with van der Waals surface area (Å²) >= 11 is 0. The van der Waals surface area contributed by atoms with Gasteiger partial charge in [-0.15, -0.1) is 0 Å². The highest BCUT2D eigenvalue weighted by atomic mass is 16.5. The Morgan fingerprint density at radius 1 is 1.39 bits per heavy atom. The lowest BCUT2D eigenvalue weighted by molar-refractivity contribution is -0.136. The highest BCUT2D eigenvalue weighted by Crippen LogP contribution is 2.02. The van der Waals surface area contributed by atoms with Crippen LogP contribution in [0.15, 0.2) is 11.6 Å². The molecule has 0 saturated carbocycles. The van der Waals surface area contributed by atoms with Gasteiger partial charge in [0.1, 0.15) is 0 Å². The maximum atomic E-state index is 11.8. The normalized spacial score (nSPS) is 13.1. The second-order valence-corrected chi connectivity index (χ2v) is 4.06. The third kappa shape index (κ3) is 5.31. The topological polar surface area (TPSA) is 58.6 Å². The molecule has 0 aromatic carbocycles. The van der Waals surface area contributed by atoms with Crippen LogP contribution in [0.25, 0.3) is 0 Å². The fourth-order valence-electron chi connectivity index (χ4n) is 1.44. The average Bonchev–Trinajstić information content (AvgIpc) is 2.40. The molecule has 0 aromatic rings. The smallest absolute Gasteiger partial charge is 0.333 e. The number of nitrogens with one attached hydrogen (secondary N) is 1. The van der Waals surface area contributed by atoms with E-state index in [-0.39, 0.29) is 17.9 Å². The largest absolute Gasteiger partial charge is 0.466 e. The molecule has 1 N–H and O–H groups in total.